The van der Waals surface area contributed by atoms with E-state index in [0.717, 1.165) is 5.56 Å². The minimum atomic E-state index is -0.474. The van der Waals surface area contributed by atoms with E-state index in [1.54, 1.807) is 35.2 Å². The SMILES string of the molecule is CCC1=C(C(=O)OC)C(c2cccc(Cl)c2)CC(=O)N1Cc1cccc(F)c1. The number of hydrogen-bond acceptors (Lipinski definition) is 3. The lowest BCUT2D eigenvalue weighted by atomic mass is 9.82. The summed E-state index contributed by atoms with van der Waals surface area (Å²) >= 11 is 6.12. The number of carbonyl (C=O) groups is 2. The van der Waals surface area contributed by atoms with Crippen molar-refractivity contribution < 1.29 is 18.7 Å². The van der Waals surface area contributed by atoms with Crippen LogP contribution in [-0.2, 0) is 20.9 Å². The van der Waals surface area contributed by atoms with Gasteiger partial charge < -0.3 is 9.64 Å². The minimum Gasteiger partial charge on any atom is -0.466 e. The topological polar surface area (TPSA) is 46.6 Å². The van der Waals surface area contributed by atoms with E-state index in [1.165, 1.54) is 19.2 Å². The van der Waals surface area contributed by atoms with Crippen LogP contribution in [0.5, 0.6) is 0 Å². The molecule has 0 saturated carbocycles. The first-order chi connectivity index (χ1) is 13.4. The molecule has 1 heterocycles. The number of carbonyl (C=O) groups excluding carboxylic acids is 2. The molecule has 0 aliphatic carbocycles. The summed E-state index contributed by atoms with van der Waals surface area (Å²) in [4.78, 5) is 27.2. The Morgan fingerprint density at radius 3 is 2.64 bits per heavy atom. The normalized spacial score (nSPS) is 17.1. The highest BCUT2D eigenvalue weighted by Gasteiger charge is 2.37. The van der Waals surface area contributed by atoms with Crippen molar-refractivity contribution in [3.63, 3.8) is 0 Å². The minimum absolute atomic E-state index is 0.115. The van der Waals surface area contributed by atoms with Crippen LogP contribution < -0.4 is 0 Å². The zero-order valence-electron chi connectivity index (χ0n) is 15.7. The molecule has 0 aromatic heterocycles. The number of hydrogen-bond donors (Lipinski definition) is 0. The Labute approximate surface area is 168 Å². The van der Waals surface area contributed by atoms with Crippen LogP contribution in [0.15, 0.2) is 59.8 Å². The molecule has 1 aliphatic rings. The maximum Gasteiger partial charge on any atom is 0.336 e. The molecular weight excluding hydrogens is 381 g/mol. The smallest absolute Gasteiger partial charge is 0.336 e. The van der Waals surface area contributed by atoms with Crippen LogP contribution in [0.1, 0.15) is 36.8 Å². The van der Waals surface area contributed by atoms with Gasteiger partial charge in [0, 0.05) is 23.1 Å². The molecule has 1 unspecified atom stereocenters. The fourth-order valence-corrected chi connectivity index (χ4v) is 3.84. The van der Waals surface area contributed by atoms with Gasteiger partial charge in [-0.2, -0.15) is 0 Å². The lowest BCUT2D eigenvalue weighted by Gasteiger charge is -2.35. The van der Waals surface area contributed by atoms with Crippen LogP contribution >= 0.6 is 11.6 Å². The standard InChI is InChI=1S/C22H21ClFNO3/c1-3-19-21(22(27)28-2)18(15-7-5-8-16(23)11-15)12-20(26)25(19)13-14-6-4-9-17(24)10-14/h4-11,18H,3,12-13H2,1-2H3. The van der Waals surface area contributed by atoms with E-state index in [9.17, 15) is 14.0 Å². The molecule has 0 bridgehead atoms. The molecule has 6 heteroatoms. The number of benzene rings is 2. The summed E-state index contributed by atoms with van der Waals surface area (Å²) in [5.74, 6) is -1.40. The van der Waals surface area contributed by atoms with Gasteiger partial charge in [0.05, 0.1) is 19.2 Å². The predicted octanol–water partition coefficient (Wildman–Crippen LogP) is 4.83. The Morgan fingerprint density at radius 1 is 1.25 bits per heavy atom. The molecule has 28 heavy (non-hydrogen) atoms. The molecule has 3 rings (SSSR count). The Hall–Kier alpha value is -2.66. The molecule has 0 fully saturated rings. The van der Waals surface area contributed by atoms with Crippen molar-refractivity contribution in [1.82, 2.24) is 4.90 Å². The van der Waals surface area contributed by atoms with Crippen molar-refractivity contribution in [2.24, 2.45) is 0 Å². The average Bonchev–Trinajstić information content (AvgIpc) is 2.68. The third-order valence-corrected chi connectivity index (χ3v) is 5.12. The highest BCUT2D eigenvalue weighted by Crippen LogP contribution is 2.39. The summed E-state index contributed by atoms with van der Waals surface area (Å²) in [7, 11) is 1.32. The number of halogens is 2. The van der Waals surface area contributed by atoms with Crippen molar-refractivity contribution in [2.75, 3.05) is 7.11 Å². The van der Waals surface area contributed by atoms with Gasteiger partial charge in [-0.05, 0) is 41.8 Å². The lowest BCUT2D eigenvalue weighted by Crippen LogP contribution is -2.38. The van der Waals surface area contributed by atoms with Crippen molar-refractivity contribution >= 4 is 23.5 Å². The summed E-state index contributed by atoms with van der Waals surface area (Å²) in [6.07, 6.45) is 0.576. The molecular formula is C22H21ClFNO3. The molecule has 146 valence electrons. The largest absolute Gasteiger partial charge is 0.466 e. The zero-order chi connectivity index (χ0) is 20.3. The molecule has 2 aromatic rings. The number of rotatable bonds is 5. The summed E-state index contributed by atoms with van der Waals surface area (Å²) in [5, 5.41) is 0.536. The predicted molar refractivity (Wildman–Crippen MR) is 105 cm³/mol. The van der Waals surface area contributed by atoms with Gasteiger partial charge in [-0.25, -0.2) is 9.18 Å². The Bertz CT molecular complexity index is 941. The van der Waals surface area contributed by atoms with Gasteiger partial charge in [-0.1, -0.05) is 42.8 Å². The van der Waals surface area contributed by atoms with Gasteiger partial charge in [-0.3, -0.25) is 4.79 Å². The maximum atomic E-state index is 13.6. The first-order valence-corrected chi connectivity index (χ1v) is 9.44. The van der Waals surface area contributed by atoms with Crippen molar-refractivity contribution in [1.29, 1.82) is 0 Å². The van der Waals surface area contributed by atoms with Crippen LogP contribution in [0.2, 0.25) is 5.02 Å². The summed E-state index contributed by atoms with van der Waals surface area (Å²) in [5.41, 5.74) is 2.49. The lowest BCUT2D eigenvalue weighted by molar-refractivity contribution is -0.138. The summed E-state index contributed by atoms with van der Waals surface area (Å²) in [6, 6.07) is 13.2. The molecule has 4 nitrogen and oxygen atoms in total. The van der Waals surface area contributed by atoms with Gasteiger partial charge in [0.2, 0.25) is 5.91 Å². The second kappa shape index (κ2) is 8.57. The van der Waals surface area contributed by atoms with Gasteiger partial charge in [0.15, 0.2) is 0 Å². The number of amides is 1. The second-order valence-electron chi connectivity index (χ2n) is 6.63. The zero-order valence-corrected chi connectivity index (χ0v) is 16.5. The van der Waals surface area contributed by atoms with Crippen molar-refractivity contribution in [2.45, 2.75) is 32.2 Å². The van der Waals surface area contributed by atoms with Gasteiger partial charge in [-0.15, -0.1) is 0 Å². The highest BCUT2D eigenvalue weighted by atomic mass is 35.5. The third kappa shape index (κ3) is 4.09. The molecule has 1 atom stereocenters. The summed E-state index contributed by atoms with van der Waals surface area (Å²) < 4.78 is 18.6. The van der Waals surface area contributed by atoms with E-state index >= 15 is 0 Å². The van der Waals surface area contributed by atoms with Crippen LogP contribution in [0.25, 0.3) is 0 Å². The number of ether oxygens (including phenoxy) is 1. The monoisotopic (exact) mass is 401 g/mol. The number of nitrogens with zero attached hydrogens (tertiary/aromatic N) is 1. The van der Waals surface area contributed by atoms with Crippen molar-refractivity contribution in [3.8, 4) is 0 Å². The number of allylic oxidation sites excluding steroid dienone is 1. The quantitative estimate of drug-likeness (QED) is 0.674. The van der Waals surface area contributed by atoms with E-state index in [-0.39, 0.29) is 24.7 Å². The van der Waals surface area contributed by atoms with E-state index < -0.39 is 11.9 Å². The van der Waals surface area contributed by atoms with E-state index in [2.05, 4.69) is 0 Å². The fraction of sp³-hybridized carbons (Fsp3) is 0.273. The molecule has 1 amide bonds. The average molecular weight is 402 g/mol. The van der Waals surface area contributed by atoms with Gasteiger partial charge >= 0.3 is 5.97 Å². The Balaban J connectivity index is 2.08. The first-order valence-electron chi connectivity index (χ1n) is 9.06. The number of esters is 1. The molecule has 0 saturated heterocycles. The fourth-order valence-electron chi connectivity index (χ4n) is 3.64. The van der Waals surface area contributed by atoms with Crippen LogP contribution in [0.3, 0.4) is 0 Å². The van der Waals surface area contributed by atoms with Crippen LogP contribution in [0, 0.1) is 5.82 Å². The Kier molecular flexibility index (Phi) is 6.15. The second-order valence-corrected chi connectivity index (χ2v) is 7.06. The van der Waals surface area contributed by atoms with E-state index in [1.807, 2.05) is 13.0 Å². The van der Waals surface area contributed by atoms with Crippen molar-refractivity contribution in [3.05, 3.63) is 81.8 Å². The third-order valence-electron chi connectivity index (χ3n) is 4.89. The number of methoxy groups -OCH3 is 1. The highest BCUT2D eigenvalue weighted by molar-refractivity contribution is 6.30. The van der Waals surface area contributed by atoms with Gasteiger partial charge in [0.25, 0.3) is 0 Å². The van der Waals surface area contributed by atoms with E-state index in [4.69, 9.17) is 16.3 Å². The first kappa shape index (κ1) is 20.1. The van der Waals surface area contributed by atoms with Gasteiger partial charge in [0.1, 0.15) is 5.82 Å². The van der Waals surface area contributed by atoms with Crippen LogP contribution in [0.4, 0.5) is 4.39 Å². The molecule has 0 spiro atoms. The molecule has 0 N–H and O–H groups in total. The molecule has 0 radical (unpaired) electrons. The molecule has 1 aliphatic heterocycles. The van der Waals surface area contributed by atoms with E-state index in [0.29, 0.717) is 28.3 Å². The maximum absolute atomic E-state index is 13.6. The van der Waals surface area contributed by atoms with Crippen LogP contribution in [-0.4, -0.2) is 23.9 Å². The summed E-state index contributed by atoms with van der Waals surface area (Å²) in [6.45, 7) is 2.08. The Morgan fingerprint density at radius 2 is 2.00 bits per heavy atom. The molecule has 2 aromatic carbocycles.